The lowest BCUT2D eigenvalue weighted by atomic mass is 10.2. The number of anilines is 1. The van der Waals surface area contributed by atoms with Gasteiger partial charge in [-0.05, 0) is 25.5 Å². The van der Waals surface area contributed by atoms with Gasteiger partial charge in [-0.2, -0.15) is 0 Å². The van der Waals surface area contributed by atoms with Crippen molar-refractivity contribution in [2.45, 2.75) is 26.4 Å². The minimum absolute atomic E-state index is 0. The highest BCUT2D eigenvalue weighted by Gasteiger charge is 2.20. The summed E-state index contributed by atoms with van der Waals surface area (Å²) in [5.41, 5.74) is 0.996. The number of hydrogen-bond donors (Lipinski definition) is 2. The first kappa shape index (κ1) is 21.9. The molecule has 2 heterocycles. The monoisotopic (exact) mass is 364 g/mol. The van der Waals surface area contributed by atoms with E-state index in [0.29, 0.717) is 19.8 Å². The standard InChI is InChI=1S/C15H24N4O2.2ClH/c1-3-19(4-2)14-6-5-12(9-17-14)10-18-15(20)13-11-21-8-7-16-13;;/h5-6,9,13,16H,3-4,7-8,10-11H2,1-2H3,(H,18,20);2*1H. The highest BCUT2D eigenvalue weighted by molar-refractivity contribution is 5.85. The first-order chi connectivity index (χ1) is 10.2. The first-order valence-corrected chi connectivity index (χ1v) is 7.53. The van der Waals surface area contributed by atoms with E-state index < -0.39 is 0 Å². The summed E-state index contributed by atoms with van der Waals surface area (Å²) in [6.07, 6.45) is 1.82. The summed E-state index contributed by atoms with van der Waals surface area (Å²) in [5, 5.41) is 6.05. The molecule has 0 aliphatic carbocycles. The molecular formula is C15H26Cl2N4O2. The summed E-state index contributed by atoms with van der Waals surface area (Å²) in [6, 6.07) is 3.75. The molecule has 1 atom stereocenters. The number of ether oxygens (including phenoxy) is 1. The first-order valence-electron chi connectivity index (χ1n) is 7.53. The van der Waals surface area contributed by atoms with Crippen LogP contribution in [0.2, 0.25) is 0 Å². The molecule has 0 bridgehead atoms. The van der Waals surface area contributed by atoms with Crippen LogP contribution in [0.1, 0.15) is 19.4 Å². The Hall–Kier alpha value is -1.08. The van der Waals surface area contributed by atoms with Crippen LogP contribution in [0.25, 0.3) is 0 Å². The van der Waals surface area contributed by atoms with Crippen molar-refractivity contribution in [2.24, 2.45) is 0 Å². The van der Waals surface area contributed by atoms with Gasteiger partial charge >= 0.3 is 0 Å². The van der Waals surface area contributed by atoms with Crippen molar-refractivity contribution in [2.75, 3.05) is 37.7 Å². The number of halogens is 2. The van der Waals surface area contributed by atoms with Gasteiger partial charge in [0.1, 0.15) is 11.9 Å². The van der Waals surface area contributed by atoms with E-state index in [9.17, 15) is 4.79 Å². The van der Waals surface area contributed by atoms with Crippen LogP contribution in [0.5, 0.6) is 0 Å². The van der Waals surface area contributed by atoms with Gasteiger partial charge in [-0.3, -0.25) is 4.79 Å². The van der Waals surface area contributed by atoms with E-state index in [1.54, 1.807) is 0 Å². The van der Waals surface area contributed by atoms with Crippen LogP contribution in [0, 0.1) is 0 Å². The molecule has 1 aromatic heterocycles. The smallest absolute Gasteiger partial charge is 0.239 e. The van der Waals surface area contributed by atoms with Gasteiger partial charge in [-0.1, -0.05) is 6.07 Å². The number of morpholine rings is 1. The minimum Gasteiger partial charge on any atom is -0.378 e. The van der Waals surface area contributed by atoms with Crippen LogP contribution < -0.4 is 15.5 Å². The Morgan fingerprint density at radius 2 is 2.13 bits per heavy atom. The predicted octanol–water partition coefficient (Wildman–Crippen LogP) is 1.38. The number of nitrogens with one attached hydrogen (secondary N) is 2. The molecule has 2 N–H and O–H groups in total. The SMILES string of the molecule is CCN(CC)c1ccc(CNC(=O)C2COCCN2)cn1.Cl.Cl. The molecule has 132 valence electrons. The van der Waals surface area contributed by atoms with Crippen LogP contribution in [0.15, 0.2) is 18.3 Å². The summed E-state index contributed by atoms with van der Waals surface area (Å²) in [4.78, 5) is 18.6. The molecule has 6 nitrogen and oxygen atoms in total. The summed E-state index contributed by atoms with van der Waals surface area (Å²) < 4.78 is 5.28. The van der Waals surface area contributed by atoms with Crippen LogP contribution in [-0.4, -0.2) is 49.8 Å². The number of carbonyl (C=O) groups excluding carboxylic acids is 1. The molecule has 0 aromatic carbocycles. The maximum absolute atomic E-state index is 12.0. The van der Waals surface area contributed by atoms with Gasteiger partial charge in [0.2, 0.25) is 5.91 Å². The zero-order chi connectivity index (χ0) is 15.1. The third-order valence-electron chi connectivity index (χ3n) is 3.60. The molecule has 1 fully saturated rings. The number of aromatic nitrogens is 1. The molecule has 1 amide bonds. The molecule has 0 radical (unpaired) electrons. The Balaban J connectivity index is 0.00000242. The molecule has 1 saturated heterocycles. The average molecular weight is 365 g/mol. The van der Waals surface area contributed by atoms with Crippen LogP contribution in [0.3, 0.4) is 0 Å². The largest absolute Gasteiger partial charge is 0.378 e. The van der Waals surface area contributed by atoms with E-state index in [0.717, 1.165) is 31.0 Å². The zero-order valence-corrected chi connectivity index (χ0v) is 15.2. The quantitative estimate of drug-likeness (QED) is 0.797. The fraction of sp³-hybridized carbons (Fsp3) is 0.600. The molecule has 8 heteroatoms. The maximum Gasteiger partial charge on any atom is 0.239 e. The van der Waals surface area contributed by atoms with Crippen molar-refractivity contribution in [3.63, 3.8) is 0 Å². The number of carbonyl (C=O) groups is 1. The van der Waals surface area contributed by atoms with Crippen molar-refractivity contribution in [1.82, 2.24) is 15.6 Å². The molecule has 1 unspecified atom stereocenters. The highest BCUT2D eigenvalue weighted by Crippen LogP contribution is 2.10. The fourth-order valence-corrected chi connectivity index (χ4v) is 2.30. The Labute approximate surface area is 150 Å². The van der Waals surface area contributed by atoms with Crippen molar-refractivity contribution in [3.8, 4) is 0 Å². The number of rotatable bonds is 6. The van der Waals surface area contributed by atoms with Gasteiger partial charge < -0.3 is 20.3 Å². The van der Waals surface area contributed by atoms with E-state index in [2.05, 4.69) is 34.4 Å². The normalized spacial score (nSPS) is 16.7. The lowest BCUT2D eigenvalue weighted by Crippen LogP contribution is -2.51. The van der Waals surface area contributed by atoms with E-state index in [-0.39, 0.29) is 36.8 Å². The number of pyridine rings is 1. The van der Waals surface area contributed by atoms with E-state index in [1.807, 2.05) is 18.3 Å². The maximum atomic E-state index is 12.0. The average Bonchev–Trinajstić information content (AvgIpc) is 2.55. The third kappa shape index (κ3) is 6.51. The second-order valence-corrected chi connectivity index (χ2v) is 5.00. The summed E-state index contributed by atoms with van der Waals surface area (Å²) in [6.45, 7) is 8.41. The van der Waals surface area contributed by atoms with Gasteiger partial charge in [0.05, 0.1) is 13.2 Å². The molecule has 1 aromatic rings. The molecule has 0 saturated carbocycles. The van der Waals surface area contributed by atoms with Crippen molar-refractivity contribution < 1.29 is 9.53 Å². The highest BCUT2D eigenvalue weighted by atomic mass is 35.5. The third-order valence-corrected chi connectivity index (χ3v) is 3.60. The molecular weight excluding hydrogens is 339 g/mol. The zero-order valence-electron chi connectivity index (χ0n) is 13.6. The van der Waals surface area contributed by atoms with Gasteiger partial charge in [0, 0.05) is 32.4 Å². The van der Waals surface area contributed by atoms with Crippen LogP contribution in [-0.2, 0) is 16.1 Å². The Morgan fingerprint density at radius 1 is 1.39 bits per heavy atom. The van der Waals surface area contributed by atoms with Gasteiger partial charge in [-0.25, -0.2) is 4.98 Å². The predicted molar refractivity (Wildman–Crippen MR) is 96.8 cm³/mol. The van der Waals surface area contributed by atoms with E-state index in [4.69, 9.17) is 4.74 Å². The Bertz CT molecular complexity index is 449. The molecule has 1 aliphatic rings. The van der Waals surface area contributed by atoms with Gasteiger partial charge in [-0.15, -0.1) is 24.8 Å². The Kier molecular flexibility index (Phi) is 10.9. The van der Waals surface area contributed by atoms with E-state index in [1.165, 1.54) is 0 Å². The Morgan fingerprint density at radius 3 is 2.65 bits per heavy atom. The summed E-state index contributed by atoms with van der Waals surface area (Å²) >= 11 is 0. The number of nitrogens with zero attached hydrogens (tertiary/aromatic N) is 2. The van der Waals surface area contributed by atoms with E-state index >= 15 is 0 Å². The number of amides is 1. The summed E-state index contributed by atoms with van der Waals surface area (Å²) in [7, 11) is 0. The van der Waals surface area contributed by atoms with Crippen molar-refractivity contribution in [1.29, 1.82) is 0 Å². The fourth-order valence-electron chi connectivity index (χ4n) is 2.30. The molecule has 2 rings (SSSR count). The lowest BCUT2D eigenvalue weighted by Gasteiger charge is -2.23. The van der Waals surface area contributed by atoms with Crippen LogP contribution in [0.4, 0.5) is 5.82 Å². The molecule has 0 spiro atoms. The lowest BCUT2D eigenvalue weighted by molar-refractivity contribution is -0.126. The van der Waals surface area contributed by atoms with Crippen molar-refractivity contribution in [3.05, 3.63) is 23.9 Å². The van der Waals surface area contributed by atoms with Gasteiger partial charge in [0.15, 0.2) is 0 Å². The summed E-state index contributed by atoms with van der Waals surface area (Å²) in [5.74, 6) is 0.944. The second kappa shape index (κ2) is 11.5. The second-order valence-electron chi connectivity index (χ2n) is 5.00. The topological polar surface area (TPSA) is 66.5 Å². The molecule has 23 heavy (non-hydrogen) atoms. The van der Waals surface area contributed by atoms with Gasteiger partial charge in [0.25, 0.3) is 0 Å². The van der Waals surface area contributed by atoms with Crippen LogP contribution >= 0.6 is 24.8 Å². The molecule has 1 aliphatic heterocycles. The number of hydrogen-bond acceptors (Lipinski definition) is 5. The van der Waals surface area contributed by atoms with Crippen molar-refractivity contribution >= 4 is 36.5 Å². The minimum atomic E-state index is -0.248.